The number of carbonyl (C=O) groups excluding carboxylic acids is 3. The van der Waals surface area contributed by atoms with E-state index < -0.39 is 5.91 Å². The summed E-state index contributed by atoms with van der Waals surface area (Å²) in [6, 6.07) is 6.27. The lowest BCUT2D eigenvalue weighted by molar-refractivity contribution is -0.146. The Kier molecular flexibility index (Phi) is 6.08. The minimum absolute atomic E-state index is 0.101. The Labute approximate surface area is 140 Å². The van der Waals surface area contributed by atoms with E-state index in [1.807, 2.05) is 0 Å². The van der Waals surface area contributed by atoms with Gasteiger partial charge in [0, 0.05) is 18.2 Å². The van der Waals surface area contributed by atoms with Crippen LogP contribution in [0.4, 0.5) is 0 Å². The molecule has 1 unspecified atom stereocenters. The molecule has 24 heavy (non-hydrogen) atoms. The van der Waals surface area contributed by atoms with Gasteiger partial charge in [-0.1, -0.05) is 12.1 Å². The predicted molar refractivity (Wildman–Crippen MR) is 86.9 cm³/mol. The summed E-state index contributed by atoms with van der Waals surface area (Å²) >= 11 is 0. The molecule has 1 heterocycles. The molecule has 128 valence electrons. The monoisotopic (exact) mass is 332 g/mol. The maximum absolute atomic E-state index is 12.4. The number of nitrogens with zero attached hydrogens (tertiary/aromatic N) is 1. The zero-order valence-corrected chi connectivity index (χ0v) is 13.4. The third kappa shape index (κ3) is 4.66. The van der Waals surface area contributed by atoms with Crippen molar-refractivity contribution in [1.29, 1.82) is 0 Å². The van der Waals surface area contributed by atoms with Crippen LogP contribution in [0.1, 0.15) is 22.3 Å². The summed E-state index contributed by atoms with van der Waals surface area (Å²) in [7, 11) is 1.31. The molecular formula is C17H20N2O5. The van der Waals surface area contributed by atoms with Crippen LogP contribution in [0.2, 0.25) is 0 Å². The second-order valence-electron chi connectivity index (χ2n) is 5.36. The van der Waals surface area contributed by atoms with Crippen LogP contribution < -0.4 is 5.73 Å². The molecule has 2 amide bonds. The molecule has 2 rings (SSSR count). The van der Waals surface area contributed by atoms with E-state index in [-0.39, 0.29) is 24.3 Å². The van der Waals surface area contributed by atoms with Gasteiger partial charge in [0.25, 0.3) is 0 Å². The number of methoxy groups -OCH3 is 1. The van der Waals surface area contributed by atoms with Crippen LogP contribution >= 0.6 is 0 Å². The predicted octanol–water partition coefficient (Wildman–Crippen LogP) is 0.589. The number of amides is 2. The molecule has 1 aliphatic heterocycles. The van der Waals surface area contributed by atoms with Gasteiger partial charge >= 0.3 is 5.97 Å². The molecule has 1 saturated heterocycles. The number of morpholine rings is 1. The second kappa shape index (κ2) is 8.26. The SMILES string of the molecule is COC(=O)CC1COCCN1C(=O)C=Cc1ccc(C(N)=O)cc1. The number of hydrogen-bond acceptors (Lipinski definition) is 5. The van der Waals surface area contributed by atoms with Crippen LogP contribution in [0.25, 0.3) is 6.08 Å². The smallest absolute Gasteiger partial charge is 0.307 e. The van der Waals surface area contributed by atoms with Gasteiger partial charge in [0.05, 0.1) is 32.8 Å². The molecule has 1 atom stereocenters. The fourth-order valence-electron chi connectivity index (χ4n) is 2.41. The number of carbonyl (C=O) groups is 3. The van der Waals surface area contributed by atoms with E-state index in [0.717, 1.165) is 5.56 Å². The Morgan fingerprint density at radius 2 is 2.04 bits per heavy atom. The molecule has 7 nitrogen and oxygen atoms in total. The number of ether oxygens (including phenoxy) is 2. The Hall–Kier alpha value is -2.67. The average Bonchev–Trinajstić information content (AvgIpc) is 2.60. The summed E-state index contributed by atoms with van der Waals surface area (Å²) in [6.07, 6.45) is 3.19. The van der Waals surface area contributed by atoms with Crippen LogP contribution in [0.15, 0.2) is 30.3 Å². The van der Waals surface area contributed by atoms with Gasteiger partial charge in [-0.05, 0) is 23.8 Å². The lowest BCUT2D eigenvalue weighted by Gasteiger charge is -2.34. The lowest BCUT2D eigenvalue weighted by Crippen LogP contribution is -2.49. The van der Waals surface area contributed by atoms with Crippen LogP contribution in [0, 0.1) is 0 Å². The van der Waals surface area contributed by atoms with Gasteiger partial charge < -0.3 is 20.1 Å². The van der Waals surface area contributed by atoms with Crippen molar-refractivity contribution in [3.8, 4) is 0 Å². The zero-order chi connectivity index (χ0) is 17.5. The third-order valence-electron chi connectivity index (χ3n) is 3.75. The first kappa shape index (κ1) is 17.7. The van der Waals surface area contributed by atoms with E-state index in [4.69, 9.17) is 10.5 Å². The summed E-state index contributed by atoms with van der Waals surface area (Å²) < 4.78 is 9.99. The Morgan fingerprint density at radius 1 is 1.33 bits per heavy atom. The highest BCUT2D eigenvalue weighted by Crippen LogP contribution is 2.13. The molecule has 1 fully saturated rings. The van der Waals surface area contributed by atoms with Crippen molar-refractivity contribution in [3.63, 3.8) is 0 Å². The van der Waals surface area contributed by atoms with Crippen LogP contribution in [-0.4, -0.2) is 55.6 Å². The van der Waals surface area contributed by atoms with Crippen molar-refractivity contribution < 1.29 is 23.9 Å². The molecule has 0 radical (unpaired) electrons. The average molecular weight is 332 g/mol. The fourth-order valence-corrected chi connectivity index (χ4v) is 2.41. The molecule has 0 saturated carbocycles. The van der Waals surface area contributed by atoms with Crippen molar-refractivity contribution in [2.45, 2.75) is 12.5 Å². The topological polar surface area (TPSA) is 98.9 Å². The Bertz CT molecular complexity index is 639. The van der Waals surface area contributed by atoms with Gasteiger partial charge in [0.1, 0.15) is 0 Å². The highest BCUT2D eigenvalue weighted by atomic mass is 16.5. The van der Waals surface area contributed by atoms with E-state index in [9.17, 15) is 14.4 Å². The van der Waals surface area contributed by atoms with Crippen molar-refractivity contribution >= 4 is 23.9 Å². The quantitative estimate of drug-likeness (QED) is 0.628. The first-order valence-electron chi connectivity index (χ1n) is 7.54. The third-order valence-corrected chi connectivity index (χ3v) is 3.75. The van der Waals surface area contributed by atoms with E-state index in [1.54, 1.807) is 35.2 Å². The molecule has 0 aromatic heterocycles. The Balaban J connectivity index is 2.03. The van der Waals surface area contributed by atoms with E-state index >= 15 is 0 Å². The largest absolute Gasteiger partial charge is 0.469 e. The van der Waals surface area contributed by atoms with Gasteiger partial charge in [0.2, 0.25) is 11.8 Å². The van der Waals surface area contributed by atoms with E-state index in [1.165, 1.54) is 13.2 Å². The molecule has 0 spiro atoms. The fraction of sp³-hybridized carbons (Fsp3) is 0.353. The van der Waals surface area contributed by atoms with Crippen molar-refractivity contribution in [2.75, 3.05) is 26.9 Å². The number of nitrogens with two attached hydrogens (primary N) is 1. The normalized spacial score (nSPS) is 17.7. The van der Waals surface area contributed by atoms with Crippen LogP contribution in [0.5, 0.6) is 0 Å². The summed E-state index contributed by atoms with van der Waals surface area (Å²) in [6.45, 7) is 1.16. The highest BCUT2D eigenvalue weighted by molar-refractivity contribution is 5.94. The molecule has 1 aromatic rings. The number of benzene rings is 1. The highest BCUT2D eigenvalue weighted by Gasteiger charge is 2.28. The van der Waals surface area contributed by atoms with Gasteiger partial charge in [-0.15, -0.1) is 0 Å². The maximum atomic E-state index is 12.4. The molecule has 1 aliphatic rings. The van der Waals surface area contributed by atoms with Crippen molar-refractivity contribution in [3.05, 3.63) is 41.5 Å². The van der Waals surface area contributed by atoms with Crippen LogP contribution in [0.3, 0.4) is 0 Å². The van der Waals surface area contributed by atoms with Crippen LogP contribution in [-0.2, 0) is 19.1 Å². The number of esters is 1. The van der Waals surface area contributed by atoms with Gasteiger partial charge in [0.15, 0.2) is 0 Å². The number of hydrogen-bond donors (Lipinski definition) is 1. The minimum atomic E-state index is -0.499. The molecule has 7 heteroatoms. The molecular weight excluding hydrogens is 312 g/mol. The minimum Gasteiger partial charge on any atom is -0.469 e. The van der Waals surface area contributed by atoms with E-state index in [2.05, 4.69) is 4.74 Å². The summed E-state index contributed by atoms with van der Waals surface area (Å²) in [5.74, 6) is -1.08. The summed E-state index contributed by atoms with van der Waals surface area (Å²) in [4.78, 5) is 36.5. The molecule has 1 aromatic carbocycles. The molecule has 0 bridgehead atoms. The van der Waals surface area contributed by atoms with Crippen molar-refractivity contribution in [1.82, 2.24) is 4.90 Å². The first-order chi connectivity index (χ1) is 11.5. The zero-order valence-electron chi connectivity index (χ0n) is 13.4. The second-order valence-corrected chi connectivity index (χ2v) is 5.36. The lowest BCUT2D eigenvalue weighted by atomic mass is 10.1. The Morgan fingerprint density at radius 3 is 2.67 bits per heavy atom. The number of rotatable bonds is 5. The standard InChI is InChI=1S/C17H20N2O5/c1-23-16(21)10-14-11-24-9-8-19(14)15(20)7-4-12-2-5-13(6-3-12)17(18)22/h2-7,14H,8-11H2,1H3,(H2,18,22). The number of primary amides is 1. The van der Waals surface area contributed by atoms with Gasteiger partial charge in [-0.2, -0.15) is 0 Å². The summed E-state index contributed by atoms with van der Waals surface area (Å²) in [5, 5.41) is 0. The maximum Gasteiger partial charge on any atom is 0.307 e. The van der Waals surface area contributed by atoms with E-state index in [0.29, 0.717) is 25.3 Å². The molecule has 2 N–H and O–H groups in total. The van der Waals surface area contributed by atoms with Gasteiger partial charge in [-0.3, -0.25) is 14.4 Å². The first-order valence-corrected chi connectivity index (χ1v) is 7.54. The summed E-state index contributed by atoms with van der Waals surface area (Å²) in [5.41, 5.74) is 6.36. The van der Waals surface area contributed by atoms with Crippen molar-refractivity contribution in [2.24, 2.45) is 5.73 Å². The molecule has 0 aliphatic carbocycles. The van der Waals surface area contributed by atoms with Gasteiger partial charge in [-0.25, -0.2) is 0 Å².